The van der Waals surface area contributed by atoms with E-state index in [1.54, 1.807) is 23.3 Å². The lowest BCUT2D eigenvalue weighted by atomic mass is 10.1. The van der Waals surface area contributed by atoms with Crippen LogP contribution in [0.15, 0.2) is 18.7 Å². The van der Waals surface area contributed by atoms with Gasteiger partial charge in [-0.2, -0.15) is 15.0 Å². The molecule has 2 aromatic rings. The average Bonchev–Trinajstić information content (AvgIpc) is 3.01. The fourth-order valence-electron chi connectivity index (χ4n) is 2.46. The molecule has 0 radical (unpaired) electrons. The van der Waals surface area contributed by atoms with Gasteiger partial charge in [0.1, 0.15) is 6.33 Å². The van der Waals surface area contributed by atoms with Gasteiger partial charge in [0.05, 0.1) is 0 Å². The summed E-state index contributed by atoms with van der Waals surface area (Å²) in [6, 6.07) is 0.414. The fraction of sp³-hybridized carbons (Fsp3) is 0.500. The number of hydrogen-bond donors (Lipinski definition) is 2. The Balaban J connectivity index is 1.85. The maximum absolute atomic E-state index is 5.74. The largest absolute Gasteiger partial charge is 0.368 e. The van der Waals surface area contributed by atoms with Gasteiger partial charge in [0.25, 0.3) is 0 Å². The van der Waals surface area contributed by atoms with E-state index in [9.17, 15) is 0 Å². The van der Waals surface area contributed by atoms with Gasteiger partial charge in [0.15, 0.2) is 0 Å². The van der Waals surface area contributed by atoms with Crippen molar-refractivity contribution in [2.24, 2.45) is 5.92 Å². The van der Waals surface area contributed by atoms with Crippen molar-refractivity contribution in [3.63, 3.8) is 0 Å². The van der Waals surface area contributed by atoms with E-state index in [2.05, 4.69) is 32.2 Å². The molecule has 0 saturated heterocycles. The van der Waals surface area contributed by atoms with Gasteiger partial charge in [0, 0.05) is 18.4 Å². The molecule has 2 atom stereocenters. The van der Waals surface area contributed by atoms with Crippen LogP contribution < -0.4 is 11.1 Å². The fourth-order valence-corrected chi connectivity index (χ4v) is 2.46. The second-order valence-corrected chi connectivity index (χ2v) is 4.95. The summed E-state index contributed by atoms with van der Waals surface area (Å²) in [6.07, 6.45) is 8.72. The first kappa shape index (κ1) is 11.9. The molecule has 1 fully saturated rings. The minimum absolute atomic E-state index is 0.215. The van der Waals surface area contributed by atoms with Crippen LogP contribution in [0, 0.1) is 5.92 Å². The molecule has 0 aromatic carbocycles. The van der Waals surface area contributed by atoms with Gasteiger partial charge >= 0.3 is 0 Å². The molecule has 2 aromatic heterocycles. The summed E-state index contributed by atoms with van der Waals surface area (Å²) < 4.78 is 1.71. The molecular formula is C12H17N7. The van der Waals surface area contributed by atoms with Crippen LogP contribution in [0.2, 0.25) is 0 Å². The van der Waals surface area contributed by atoms with Gasteiger partial charge < -0.3 is 11.1 Å². The number of nitrogens with zero attached hydrogens (tertiary/aromatic N) is 5. The van der Waals surface area contributed by atoms with Gasteiger partial charge in [-0.05, 0) is 18.8 Å². The summed E-state index contributed by atoms with van der Waals surface area (Å²) in [5.41, 5.74) is 5.74. The molecule has 19 heavy (non-hydrogen) atoms. The van der Waals surface area contributed by atoms with Crippen molar-refractivity contribution in [3.05, 3.63) is 18.7 Å². The molecule has 7 heteroatoms. The molecule has 2 heterocycles. The van der Waals surface area contributed by atoms with Crippen LogP contribution in [0.1, 0.15) is 26.2 Å². The van der Waals surface area contributed by atoms with Crippen molar-refractivity contribution >= 4 is 11.9 Å². The zero-order chi connectivity index (χ0) is 13.2. The average molecular weight is 259 g/mol. The van der Waals surface area contributed by atoms with Crippen LogP contribution in [0.5, 0.6) is 0 Å². The van der Waals surface area contributed by atoms with Crippen molar-refractivity contribution in [3.8, 4) is 5.95 Å². The molecule has 0 spiro atoms. The van der Waals surface area contributed by atoms with Crippen LogP contribution in [0.3, 0.4) is 0 Å². The number of nitrogens with one attached hydrogen (secondary N) is 1. The van der Waals surface area contributed by atoms with E-state index >= 15 is 0 Å². The number of imidazole rings is 1. The number of nitrogens with two attached hydrogens (primary N) is 1. The van der Waals surface area contributed by atoms with E-state index in [-0.39, 0.29) is 5.95 Å². The Bertz CT molecular complexity index is 551. The smallest absolute Gasteiger partial charge is 0.241 e. The number of anilines is 2. The van der Waals surface area contributed by atoms with Gasteiger partial charge in [-0.15, -0.1) is 0 Å². The Morgan fingerprint density at radius 1 is 1.32 bits per heavy atom. The van der Waals surface area contributed by atoms with E-state index < -0.39 is 0 Å². The molecule has 3 N–H and O–H groups in total. The topological polar surface area (TPSA) is 94.5 Å². The second kappa shape index (κ2) is 4.83. The second-order valence-electron chi connectivity index (χ2n) is 4.95. The third kappa shape index (κ3) is 2.49. The van der Waals surface area contributed by atoms with E-state index in [1.165, 1.54) is 12.8 Å². The number of hydrogen-bond acceptors (Lipinski definition) is 6. The summed E-state index contributed by atoms with van der Waals surface area (Å²) in [6.45, 7) is 2.24. The van der Waals surface area contributed by atoms with E-state index in [0.717, 1.165) is 6.42 Å². The molecule has 0 bridgehead atoms. The normalized spacial score (nSPS) is 22.6. The Morgan fingerprint density at radius 2 is 2.21 bits per heavy atom. The molecule has 0 amide bonds. The molecule has 100 valence electrons. The molecular weight excluding hydrogens is 242 g/mol. The first-order valence-electron chi connectivity index (χ1n) is 6.49. The van der Waals surface area contributed by atoms with Crippen molar-refractivity contribution in [2.45, 2.75) is 32.2 Å². The lowest BCUT2D eigenvalue weighted by molar-refractivity contribution is 0.552. The van der Waals surface area contributed by atoms with E-state index in [1.807, 2.05) is 0 Å². The Morgan fingerprint density at radius 3 is 2.89 bits per heavy atom. The minimum Gasteiger partial charge on any atom is -0.368 e. The molecule has 7 nitrogen and oxygen atoms in total. The Kier molecular flexibility index (Phi) is 3.02. The molecule has 0 aliphatic heterocycles. The number of rotatable bonds is 3. The zero-order valence-corrected chi connectivity index (χ0v) is 10.8. The van der Waals surface area contributed by atoms with Crippen LogP contribution in [0.25, 0.3) is 5.95 Å². The summed E-state index contributed by atoms with van der Waals surface area (Å²) in [5.74, 6) is 1.87. The lowest BCUT2D eigenvalue weighted by Crippen LogP contribution is -2.24. The van der Waals surface area contributed by atoms with Crippen LogP contribution in [-0.4, -0.2) is 30.5 Å². The maximum atomic E-state index is 5.74. The van der Waals surface area contributed by atoms with Crippen LogP contribution in [-0.2, 0) is 0 Å². The highest BCUT2D eigenvalue weighted by Crippen LogP contribution is 2.27. The van der Waals surface area contributed by atoms with Gasteiger partial charge in [-0.3, -0.25) is 4.57 Å². The monoisotopic (exact) mass is 259 g/mol. The quantitative estimate of drug-likeness (QED) is 0.861. The summed E-state index contributed by atoms with van der Waals surface area (Å²) in [5, 5.41) is 3.36. The van der Waals surface area contributed by atoms with Crippen LogP contribution in [0.4, 0.5) is 11.9 Å². The third-order valence-electron chi connectivity index (χ3n) is 3.55. The number of nitrogen functional groups attached to an aromatic ring is 1. The predicted octanol–water partition coefficient (Wildman–Crippen LogP) is 1.24. The van der Waals surface area contributed by atoms with Crippen LogP contribution >= 0.6 is 0 Å². The first-order chi connectivity index (χ1) is 9.22. The lowest BCUT2D eigenvalue weighted by Gasteiger charge is -2.17. The highest BCUT2D eigenvalue weighted by atomic mass is 15.3. The van der Waals surface area contributed by atoms with Crippen molar-refractivity contribution in [2.75, 3.05) is 11.1 Å². The molecule has 2 unspecified atom stereocenters. The maximum Gasteiger partial charge on any atom is 0.241 e. The van der Waals surface area contributed by atoms with Gasteiger partial charge in [-0.25, -0.2) is 4.98 Å². The van der Waals surface area contributed by atoms with Crippen molar-refractivity contribution in [1.82, 2.24) is 24.5 Å². The van der Waals surface area contributed by atoms with Crippen molar-refractivity contribution in [1.29, 1.82) is 0 Å². The summed E-state index contributed by atoms with van der Waals surface area (Å²) in [4.78, 5) is 16.6. The SMILES string of the molecule is CC1CCCC1Nc1nc(N)nc(-n2ccnc2)n1. The molecule has 3 rings (SSSR count). The Hall–Kier alpha value is -2.18. The standard InChI is InChI=1S/C12H17N7/c1-8-3-2-4-9(8)15-11-16-10(13)17-12(18-11)19-6-5-14-7-19/h5-9H,2-4H2,1H3,(H3,13,15,16,17,18). The molecule has 1 aliphatic rings. The summed E-state index contributed by atoms with van der Waals surface area (Å²) >= 11 is 0. The molecule has 1 saturated carbocycles. The third-order valence-corrected chi connectivity index (χ3v) is 3.55. The zero-order valence-electron chi connectivity index (χ0n) is 10.8. The summed E-state index contributed by atoms with van der Waals surface area (Å²) in [7, 11) is 0. The minimum atomic E-state index is 0.215. The predicted molar refractivity (Wildman–Crippen MR) is 71.8 cm³/mol. The highest BCUT2D eigenvalue weighted by molar-refractivity contribution is 5.36. The Labute approximate surface area is 111 Å². The van der Waals surface area contributed by atoms with Crippen molar-refractivity contribution < 1.29 is 0 Å². The first-order valence-corrected chi connectivity index (χ1v) is 6.49. The number of aromatic nitrogens is 5. The van der Waals surface area contributed by atoms with Gasteiger partial charge in [0.2, 0.25) is 17.8 Å². The van der Waals surface area contributed by atoms with Gasteiger partial charge in [-0.1, -0.05) is 13.3 Å². The van der Waals surface area contributed by atoms with E-state index in [4.69, 9.17) is 5.73 Å². The van der Waals surface area contributed by atoms with E-state index in [0.29, 0.717) is 23.9 Å². The highest BCUT2D eigenvalue weighted by Gasteiger charge is 2.24. The molecule has 1 aliphatic carbocycles.